The fourth-order valence-corrected chi connectivity index (χ4v) is 2.61. The number of halogens is 1. The van der Waals surface area contributed by atoms with Crippen LogP contribution in [0.15, 0.2) is 23.1 Å². The van der Waals surface area contributed by atoms with Crippen molar-refractivity contribution in [2.24, 2.45) is 5.41 Å². The molecule has 1 aromatic carbocycles. The quantitative estimate of drug-likeness (QED) is 0.879. The molecular formula is C13H17FN2O3S. The summed E-state index contributed by atoms with van der Waals surface area (Å²) in [5, 5.41) is 18.6. The van der Waals surface area contributed by atoms with Crippen LogP contribution in [0.3, 0.4) is 0 Å². The van der Waals surface area contributed by atoms with Crippen molar-refractivity contribution >= 4 is 10.0 Å². The maximum absolute atomic E-state index is 13.4. The van der Waals surface area contributed by atoms with Crippen LogP contribution in [0.2, 0.25) is 0 Å². The van der Waals surface area contributed by atoms with Crippen molar-refractivity contribution in [1.82, 2.24) is 4.72 Å². The summed E-state index contributed by atoms with van der Waals surface area (Å²) in [4.78, 5) is -0.430. The zero-order valence-corrected chi connectivity index (χ0v) is 12.3. The number of nitrogens with zero attached hydrogens (tertiary/aromatic N) is 1. The molecule has 0 aliphatic heterocycles. The molecule has 0 heterocycles. The number of sulfonamides is 1. The Morgan fingerprint density at radius 2 is 2.05 bits per heavy atom. The highest BCUT2D eigenvalue weighted by atomic mass is 32.2. The molecule has 1 rings (SSSR count). The van der Waals surface area contributed by atoms with E-state index in [1.54, 1.807) is 20.8 Å². The first-order valence-electron chi connectivity index (χ1n) is 5.96. The smallest absolute Gasteiger partial charge is 0.242 e. The van der Waals surface area contributed by atoms with Crippen LogP contribution in [0.5, 0.6) is 0 Å². The molecule has 0 aliphatic carbocycles. The first kappa shape index (κ1) is 16.6. The molecule has 0 radical (unpaired) electrons. The Bertz CT molecular complexity index is 630. The van der Waals surface area contributed by atoms with E-state index in [9.17, 15) is 17.9 Å². The number of nitriles is 1. The van der Waals surface area contributed by atoms with Crippen LogP contribution in [-0.2, 0) is 10.0 Å². The van der Waals surface area contributed by atoms with Gasteiger partial charge >= 0.3 is 0 Å². The number of hydrogen-bond acceptors (Lipinski definition) is 4. The average Bonchev–Trinajstić information content (AvgIpc) is 2.34. The molecule has 7 heteroatoms. The number of aliphatic hydroxyl groups excluding tert-OH is 1. The van der Waals surface area contributed by atoms with Gasteiger partial charge in [-0.15, -0.1) is 0 Å². The first-order valence-corrected chi connectivity index (χ1v) is 7.44. The van der Waals surface area contributed by atoms with E-state index in [4.69, 9.17) is 5.26 Å². The SMILES string of the molecule is CC(C)(C)C(O)CNS(=O)(=O)c1cccc(F)c1C#N. The van der Waals surface area contributed by atoms with E-state index in [-0.39, 0.29) is 6.54 Å². The predicted molar refractivity (Wildman–Crippen MR) is 71.8 cm³/mol. The summed E-state index contributed by atoms with van der Waals surface area (Å²) in [5.41, 5.74) is -1.03. The van der Waals surface area contributed by atoms with E-state index >= 15 is 0 Å². The molecule has 0 saturated carbocycles. The molecule has 1 aromatic rings. The van der Waals surface area contributed by atoms with E-state index in [0.29, 0.717) is 0 Å². The average molecular weight is 300 g/mol. The van der Waals surface area contributed by atoms with E-state index in [0.717, 1.165) is 12.1 Å². The molecule has 0 aromatic heterocycles. The number of nitrogens with one attached hydrogen (secondary N) is 1. The zero-order chi connectivity index (χ0) is 15.6. The van der Waals surface area contributed by atoms with Gasteiger partial charge in [0.25, 0.3) is 0 Å². The summed E-state index contributed by atoms with van der Waals surface area (Å²) < 4.78 is 39.7. The number of aliphatic hydroxyl groups is 1. The molecule has 1 atom stereocenters. The fourth-order valence-electron chi connectivity index (χ4n) is 1.41. The van der Waals surface area contributed by atoms with Gasteiger partial charge in [0.2, 0.25) is 10.0 Å². The topological polar surface area (TPSA) is 90.2 Å². The normalized spacial score (nSPS) is 13.8. The predicted octanol–water partition coefficient (Wildman–Crippen LogP) is 1.38. The second kappa shape index (κ2) is 5.87. The Hall–Kier alpha value is -1.49. The maximum Gasteiger partial charge on any atom is 0.242 e. The third-order valence-electron chi connectivity index (χ3n) is 2.84. The summed E-state index contributed by atoms with van der Waals surface area (Å²) in [5.74, 6) is -0.897. The Morgan fingerprint density at radius 1 is 1.45 bits per heavy atom. The lowest BCUT2D eigenvalue weighted by molar-refractivity contribution is 0.0677. The Labute approximate surface area is 118 Å². The summed E-state index contributed by atoms with van der Waals surface area (Å²) in [6.45, 7) is 5.06. The minimum absolute atomic E-state index is 0.215. The van der Waals surface area contributed by atoms with Crippen molar-refractivity contribution in [3.05, 3.63) is 29.6 Å². The van der Waals surface area contributed by atoms with Crippen LogP contribution in [0, 0.1) is 22.6 Å². The Kier molecular flexibility index (Phi) is 4.86. The van der Waals surface area contributed by atoms with Gasteiger partial charge in [-0.3, -0.25) is 0 Å². The highest BCUT2D eigenvalue weighted by molar-refractivity contribution is 7.89. The van der Waals surface area contributed by atoms with E-state index in [2.05, 4.69) is 4.72 Å². The van der Waals surface area contributed by atoms with Crippen LogP contribution >= 0.6 is 0 Å². The first-order chi connectivity index (χ1) is 9.09. The molecule has 0 bridgehead atoms. The van der Waals surface area contributed by atoms with Crippen LogP contribution in [0.1, 0.15) is 26.3 Å². The van der Waals surface area contributed by atoms with Crippen molar-refractivity contribution in [3.8, 4) is 6.07 Å². The standard InChI is InChI=1S/C13H17FN2O3S/c1-13(2,3)12(17)8-16-20(18,19)11-6-4-5-10(14)9(11)7-15/h4-6,12,16-17H,8H2,1-3H3. The van der Waals surface area contributed by atoms with Gasteiger partial charge in [-0.1, -0.05) is 26.8 Å². The molecule has 2 N–H and O–H groups in total. The lowest BCUT2D eigenvalue weighted by atomic mass is 9.89. The van der Waals surface area contributed by atoms with Crippen LogP contribution in [-0.4, -0.2) is 26.2 Å². The lowest BCUT2D eigenvalue weighted by Gasteiger charge is -2.25. The Balaban J connectivity index is 3.03. The van der Waals surface area contributed by atoms with Gasteiger partial charge in [0.1, 0.15) is 22.3 Å². The van der Waals surface area contributed by atoms with Gasteiger partial charge in [-0.2, -0.15) is 5.26 Å². The van der Waals surface area contributed by atoms with Gasteiger partial charge in [-0.25, -0.2) is 17.5 Å². The largest absolute Gasteiger partial charge is 0.391 e. The summed E-state index contributed by atoms with van der Waals surface area (Å²) in [7, 11) is -4.05. The van der Waals surface area contributed by atoms with Crippen LogP contribution < -0.4 is 4.72 Å². The fraction of sp³-hybridized carbons (Fsp3) is 0.462. The van der Waals surface area contributed by atoms with Crippen molar-refractivity contribution in [2.75, 3.05) is 6.54 Å². The highest BCUT2D eigenvalue weighted by Crippen LogP contribution is 2.20. The third-order valence-corrected chi connectivity index (χ3v) is 4.31. The van der Waals surface area contributed by atoms with E-state index < -0.39 is 37.8 Å². The van der Waals surface area contributed by atoms with Crippen molar-refractivity contribution < 1.29 is 17.9 Å². The minimum Gasteiger partial charge on any atom is -0.391 e. The zero-order valence-electron chi connectivity index (χ0n) is 11.5. The molecular weight excluding hydrogens is 283 g/mol. The second-order valence-corrected chi connectivity index (χ2v) is 7.19. The number of rotatable bonds is 4. The molecule has 0 saturated heterocycles. The number of hydrogen-bond donors (Lipinski definition) is 2. The Morgan fingerprint density at radius 3 is 2.55 bits per heavy atom. The van der Waals surface area contributed by atoms with Gasteiger partial charge in [-0.05, 0) is 17.5 Å². The summed E-state index contributed by atoms with van der Waals surface area (Å²) >= 11 is 0. The van der Waals surface area contributed by atoms with Gasteiger partial charge in [0, 0.05) is 6.54 Å². The molecule has 5 nitrogen and oxygen atoms in total. The number of benzene rings is 1. The van der Waals surface area contributed by atoms with Crippen LogP contribution in [0.4, 0.5) is 4.39 Å². The van der Waals surface area contributed by atoms with Gasteiger partial charge < -0.3 is 5.11 Å². The second-order valence-electron chi connectivity index (χ2n) is 5.46. The molecule has 0 aliphatic rings. The third kappa shape index (κ3) is 3.76. The van der Waals surface area contributed by atoms with Crippen LogP contribution in [0.25, 0.3) is 0 Å². The summed E-state index contributed by atoms with van der Waals surface area (Å²) in [6.07, 6.45) is -0.906. The van der Waals surface area contributed by atoms with Crippen molar-refractivity contribution in [3.63, 3.8) is 0 Å². The molecule has 0 amide bonds. The van der Waals surface area contributed by atoms with Crippen molar-refractivity contribution in [2.45, 2.75) is 31.8 Å². The van der Waals surface area contributed by atoms with Gasteiger partial charge in [0.15, 0.2) is 0 Å². The van der Waals surface area contributed by atoms with E-state index in [1.165, 1.54) is 12.1 Å². The van der Waals surface area contributed by atoms with Gasteiger partial charge in [0.05, 0.1) is 6.10 Å². The molecule has 20 heavy (non-hydrogen) atoms. The minimum atomic E-state index is -4.05. The monoisotopic (exact) mass is 300 g/mol. The molecule has 0 fully saturated rings. The van der Waals surface area contributed by atoms with Crippen molar-refractivity contribution in [1.29, 1.82) is 5.26 Å². The van der Waals surface area contributed by atoms with E-state index in [1.807, 2.05) is 0 Å². The summed E-state index contributed by atoms with van der Waals surface area (Å²) in [6, 6.07) is 4.91. The molecule has 110 valence electrons. The molecule has 1 unspecified atom stereocenters. The highest BCUT2D eigenvalue weighted by Gasteiger charge is 2.26. The lowest BCUT2D eigenvalue weighted by Crippen LogP contribution is -2.39. The molecule has 0 spiro atoms. The maximum atomic E-state index is 13.4.